The molecule has 3 aromatic rings. The molecule has 3 N–H and O–H groups in total. The molecule has 1 heterocycles. The van der Waals surface area contributed by atoms with Crippen LogP contribution in [0.4, 0.5) is 23.7 Å². The molecular weight excluding hydrogens is 441 g/mol. The van der Waals surface area contributed by atoms with Crippen molar-refractivity contribution in [2.75, 3.05) is 11.9 Å². The Morgan fingerprint density at radius 3 is 2.50 bits per heavy atom. The monoisotopic (exact) mass is 460 g/mol. The molecule has 0 aliphatic rings. The van der Waals surface area contributed by atoms with Gasteiger partial charge >= 0.3 is 12.2 Å². The van der Waals surface area contributed by atoms with Crippen LogP contribution in [0.1, 0.15) is 17.5 Å². The number of benzene rings is 2. The number of urea groups is 1. The minimum atomic E-state index is -4.48. The normalized spacial score (nSPS) is 12.1. The Bertz CT molecular complexity index is 1140. The van der Waals surface area contributed by atoms with Crippen molar-refractivity contribution in [3.05, 3.63) is 65.0 Å². The molecule has 2 aromatic carbocycles. The second-order valence-electron chi connectivity index (χ2n) is 6.89. The van der Waals surface area contributed by atoms with Crippen molar-refractivity contribution in [3.8, 4) is 6.07 Å². The molecule has 10 heteroatoms. The zero-order valence-electron chi connectivity index (χ0n) is 16.7. The number of halogens is 3. The van der Waals surface area contributed by atoms with Crippen LogP contribution >= 0.6 is 11.3 Å². The largest absolute Gasteiger partial charge is 0.416 e. The van der Waals surface area contributed by atoms with E-state index in [-0.39, 0.29) is 25.1 Å². The lowest BCUT2D eigenvalue weighted by Gasteiger charge is -2.19. The first-order valence-electron chi connectivity index (χ1n) is 9.62. The number of nitrogens with zero attached hydrogens (tertiary/aromatic N) is 1. The van der Waals surface area contributed by atoms with E-state index in [2.05, 4.69) is 16.0 Å². The molecular formula is C22H19F3N4O2S. The van der Waals surface area contributed by atoms with E-state index in [0.717, 1.165) is 39.9 Å². The summed E-state index contributed by atoms with van der Waals surface area (Å²) in [5.74, 6) is -0.460. The highest BCUT2D eigenvalue weighted by molar-refractivity contribution is 7.17. The van der Waals surface area contributed by atoms with Gasteiger partial charge in [0.15, 0.2) is 0 Å². The average molecular weight is 460 g/mol. The van der Waals surface area contributed by atoms with E-state index in [1.54, 1.807) is 0 Å². The van der Waals surface area contributed by atoms with Gasteiger partial charge in [0.05, 0.1) is 18.1 Å². The number of hydrogen-bond acceptors (Lipinski definition) is 4. The molecule has 1 aromatic heterocycles. The third-order valence-electron chi connectivity index (χ3n) is 4.61. The van der Waals surface area contributed by atoms with Crippen LogP contribution in [-0.2, 0) is 17.4 Å². The first kappa shape index (κ1) is 23.1. The lowest BCUT2D eigenvalue weighted by atomic mass is 10.0. The third-order valence-corrected chi connectivity index (χ3v) is 5.63. The van der Waals surface area contributed by atoms with Crippen molar-refractivity contribution in [2.24, 2.45) is 0 Å². The maximum atomic E-state index is 12.7. The van der Waals surface area contributed by atoms with Gasteiger partial charge in [-0.05, 0) is 46.7 Å². The molecule has 0 spiro atoms. The van der Waals surface area contributed by atoms with E-state index in [0.29, 0.717) is 0 Å². The maximum absolute atomic E-state index is 12.7. The predicted octanol–water partition coefficient (Wildman–Crippen LogP) is 4.68. The lowest BCUT2D eigenvalue weighted by molar-refractivity contribution is -0.137. The third kappa shape index (κ3) is 5.98. The number of carbonyl (C=O) groups is 2. The molecule has 3 rings (SSSR count). The van der Waals surface area contributed by atoms with Crippen LogP contribution in [0.2, 0.25) is 0 Å². The first-order valence-corrected chi connectivity index (χ1v) is 10.5. The summed E-state index contributed by atoms with van der Waals surface area (Å²) in [6, 6.07) is 11.9. The van der Waals surface area contributed by atoms with E-state index in [1.165, 1.54) is 11.3 Å². The smallest absolute Gasteiger partial charge is 0.353 e. The number of nitriles is 1. The number of alkyl halides is 3. The quantitative estimate of drug-likeness (QED) is 0.447. The standard InChI is InChI=1S/C22H19F3N4O2S/c23-22(24,25)15-6-8-16(9-7-15)28-21(31)29-18(20(30)27-11-3-10-26)12-14-13-32-19-5-2-1-4-17(14)19/h1-2,4-9,13,18H,3,11-12H2,(H,27,30)(H2,28,29,31). The van der Waals surface area contributed by atoms with Crippen LogP contribution in [-0.4, -0.2) is 24.5 Å². The van der Waals surface area contributed by atoms with Crippen molar-refractivity contribution in [1.82, 2.24) is 10.6 Å². The van der Waals surface area contributed by atoms with Crippen LogP contribution < -0.4 is 16.0 Å². The SMILES string of the molecule is N#CCCNC(=O)C(Cc1csc2ccccc12)NC(=O)Nc1ccc(C(F)(F)F)cc1. The van der Waals surface area contributed by atoms with Gasteiger partial charge in [-0.3, -0.25) is 4.79 Å². The molecule has 0 fully saturated rings. The molecule has 1 unspecified atom stereocenters. The average Bonchev–Trinajstić information content (AvgIpc) is 3.16. The van der Waals surface area contributed by atoms with Crippen LogP contribution in [0.15, 0.2) is 53.9 Å². The highest BCUT2D eigenvalue weighted by Crippen LogP contribution is 2.30. The number of nitrogens with one attached hydrogen (secondary N) is 3. The van der Waals surface area contributed by atoms with Crippen molar-refractivity contribution < 1.29 is 22.8 Å². The van der Waals surface area contributed by atoms with Crippen LogP contribution in [0.3, 0.4) is 0 Å². The van der Waals surface area contributed by atoms with Gasteiger partial charge in [-0.25, -0.2) is 4.79 Å². The summed E-state index contributed by atoms with van der Waals surface area (Å²) >= 11 is 1.52. The summed E-state index contributed by atoms with van der Waals surface area (Å²) in [5, 5.41) is 19.2. The number of fused-ring (bicyclic) bond motifs is 1. The highest BCUT2D eigenvalue weighted by atomic mass is 32.1. The van der Waals surface area contributed by atoms with Gasteiger partial charge in [0.25, 0.3) is 0 Å². The minimum Gasteiger partial charge on any atom is -0.353 e. The molecule has 6 nitrogen and oxygen atoms in total. The van der Waals surface area contributed by atoms with Gasteiger partial charge in [0.1, 0.15) is 6.04 Å². The summed E-state index contributed by atoms with van der Waals surface area (Å²) in [6.07, 6.45) is -4.14. The molecule has 166 valence electrons. The van der Waals surface area contributed by atoms with Gasteiger partial charge in [-0.1, -0.05) is 18.2 Å². The summed E-state index contributed by atoms with van der Waals surface area (Å²) in [5.41, 5.74) is 0.198. The Morgan fingerprint density at radius 2 is 1.81 bits per heavy atom. The fraction of sp³-hybridized carbons (Fsp3) is 0.227. The number of carbonyl (C=O) groups excluding carboxylic acids is 2. The molecule has 1 atom stereocenters. The summed E-state index contributed by atoms with van der Waals surface area (Å²) in [7, 11) is 0. The number of anilines is 1. The molecule has 0 saturated heterocycles. The molecule has 0 radical (unpaired) electrons. The Balaban J connectivity index is 1.72. The molecule has 32 heavy (non-hydrogen) atoms. The van der Waals surface area contributed by atoms with E-state index < -0.39 is 29.7 Å². The van der Waals surface area contributed by atoms with Crippen molar-refractivity contribution in [2.45, 2.75) is 25.1 Å². The molecule has 0 aliphatic heterocycles. The second-order valence-corrected chi connectivity index (χ2v) is 7.80. The predicted molar refractivity (Wildman–Crippen MR) is 116 cm³/mol. The maximum Gasteiger partial charge on any atom is 0.416 e. The van der Waals surface area contributed by atoms with Gasteiger partial charge < -0.3 is 16.0 Å². The van der Waals surface area contributed by atoms with Crippen molar-refractivity contribution in [3.63, 3.8) is 0 Å². The van der Waals surface area contributed by atoms with E-state index in [1.807, 2.05) is 35.7 Å². The number of amides is 3. The van der Waals surface area contributed by atoms with Crippen LogP contribution in [0.5, 0.6) is 0 Å². The number of rotatable bonds is 7. The minimum absolute atomic E-state index is 0.123. The molecule has 3 amide bonds. The summed E-state index contributed by atoms with van der Waals surface area (Å²) in [6.45, 7) is 0.137. The molecule has 0 bridgehead atoms. The fourth-order valence-electron chi connectivity index (χ4n) is 3.05. The second kappa shape index (κ2) is 10.2. The number of hydrogen-bond donors (Lipinski definition) is 3. The zero-order valence-corrected chi connectivity index (χ0v) is 17.5. The summed E-state index contributed by atoms with van der Waals surface area (Å²) in [4.78, 5) is 25.1. The highest BCUT2D eigenvalue weighted by Gasteiger charge is 2.30. The first-order chi connectivity index (χ1) is 15.3. The fourth-order valence-corrected chi connectivity index (χ4v) is 4.03. The Hall–Kier alpha value is -3.58. The summed E-state index contributed by atoms with van der Waals surface area (Å²) < 4.78 is 39.1. The molecule has 0 aliphatic carbocycles. The zero-order chi connectivity index (χ0) is 23.1. The Labute approximate surface area is 186 Å². The lowest BCUT2D eigenvalue weighted by Crippen LogP contribution is -2.49. The molecule has 0 saturated carbocycles. The van der Waals surface area contributed by atoms with Gasteiger partial charge in [-0.2, -0.15) is 18.4 Å². The van der Waals surface area contributed by atoms with Gasteiger partial charge in [-0.15, -0.1) is 11.3 Å². The van der Waals surface area contributed by atoms with Crippen LogP contribution in [0.25, 0.3) is 10.1 Å². The van der Waals surface area contributed by atoms with E-state index in [9.17, 15) is 22.8 Å². The van der Waals surface area contributed by atoms with E-state index >= 15 is 0 Å². The number of thiophene rings is 1. The Morgan fingerprint density at radius 1 is 1.09 bits per heavy atom. The van der Waals surface area contributed by atoms with E-state index in [4.69, 9.17) is 5.26 Å². The van der Waals surface area contributed by atoms with Gasteiger partial charge in [0.2, 0.25) is 5.91 Å². The topological polar surface area (TPSA) is 94.0 Å². The van der Waals surface area contributed by atoms with Crippen molar-refractivity contribution >= 4 is 39.0 Å². The van der Waals surface area contributed by atoms with Gasteiger partial charge in [0, 0.05) is 23.4 Å². The Kier molecular flexibility index (Phi) is 7.33. The van der Waals surface area contributed by atoms with Crippen LogP contribution in [0, 0.1) is 11.3 Å². The van der Waals surface area contributed by atoms with Crippen molar-refractivity contribution in [1.29, 1.82) is 5.26 Å².